The minimum absolute atomic E-state index is 0.388. The molecule has 5 nitrogen and oxygen atoms in total. The normalized spacial score (nSPS) is 15.9. The van der Waals surface area contributed by atoms with Crippen molar-refractivity contribution in [3.63, 3.8) is 0 Å². The first kappa shape index (κ1) is 29.8. The fourth-order valence-corrected chi connectivity index (χ4v) is 4.36. The Morgan fingerprint density at radius 2 is 1.34 bits per heavy atom. The third-order valence-corrected chi connectivity index (χ3v) is 6.51. The summed E-state index contributed by atoms with van der Waals surface area (Å²) in [6.07, 6.45) is 21.3. The predicted molar refractivity (Wildman–Crippen MR) is 137 cm³/mol. The van der Waals surface area contributed by atoms with Gasteiger partial charge in [0, 0.05) is 26.2 Å². The van der Waals surface area contributed by atoms with Gasteiger partial charge in [-0.2, -0.15) is 0 Å². The van der Waals surface area contributed by atoms with Crippen molar-refractivity contribution < 1.29 is 14.6 Å². The molecule has 0 aliphatic carbocycles. The molecule has 1 aliphatic heterocycles. The van der Waals surface area contributed by atoms with Crippen LogP contribution >= 0.6 is 0 Å². The largest absolute Gasteiger partial charge is 0.389 e. The fourth-order valence-electron chi connectivity index (χ4n) is 4.36. The van der Waals surface area contributed by atoms with E-state index in [1.807, 2.05) is 0 Å². The molecule has 2 N–H and O–H groups in total. The van der Waals surface area contributed by atoms with Gasteiger partial charge in [0.25, 0.3) is 0 Å². The first-order valence-electron chi connectivity index (χ1n) is 14.1. The molecule has 0 bridgehead atoms. The highest BCUT2D eigenvalue weighted by molar-refractivity contribution is 4.63. The minimum atomic E-state index is -0.388. The zero-order chi connectivity index (χ0) is 23.0. The Kier molecular flexibility index (Phi) is 22.3. The molecule has 0 aromatic carbocycles. The summed E-state index contributed by atoms with van der Waals surface area (Å²) in [5.74, 6) is 0. The second-order valence-electron chi connectivity index (χ2n) is 9.69. The quantitative estimate of drug-likeness (QED) is 0.187. The lowest BCUT2D eigenvalue weighted by atomic mass is 10.0. The SMILES string of the molecule is CCCCCCCCCCCCCCCCOCC(O)CNCCCCN1CCOCC1. The van der Waals surface area contributed by atoms with E-state index in [9.17, 15) is 5.11 Å². The maximum atomic E-state index is 10.0. The molecule has 0 aromatic heterocycles. The van der Waals surface area contributed by atoms with Crippen LogP contribution in [-0.4, -0.2) is 75.3 Å². The van der Waals surface area contributed by atoms with Gasteiger partial charge in [-0.15, -0.1) is 0 Å². The van der Waals surface area contributed by atoms with Crippen LogP contribution in [0.25, 0.3) is 0 Å². The Bertz CT molecular complexity index is 365. The van der Waals surface area contributed by atoms with Gasteiger partial charge < -0.3 is 19.9 Å². The average Bonchev–Trinajstić information content (AvgIpc) is 2.81. The van der Waals surface area contributed by atoms with Gasteiger partial charge in [0.05, 0.1) is 25.9 Å². The van der Waals surface area contributed by atoms with E-state index in [0.717, 1.165) is 58.8 Å². The summed E-state index contributed by atoms with van der Waals surface area (Å²) in [4.78, 5) is 2.48. The van der Waals surface area contributed by atoms with Crippen LogP contribution in [0.5, 0.6) is 0 Å². The molecule has 1 saturated heterocycles. The van der Waals surface area contributed by atoms with Crippen LogP contribution in [-0.2, 0) is 9.47 Å². The number of morpholine rings is 1. The van der Waals surface area contributed by atoms with E-state index in [4.69, 9.17) is 9.47 Å². The predicted octanol–water partition coefficient (Wildman–Crippen LogP) is 5.55. The van der Waals surface area contributed by atoms with Crippen LogP contribution in [0.15, 0.2) is 0 Å². The summed E-state index contributed by atoms with van der Waals surface area (Å²) in [7, 11) is 0. The molecular weight excluding hydrogens is 400 g/mol. The number of aliphatic hydroxyl groups is 1. The molecule has 1 aliphatic rings. The molecule has 192 valence electrons. The van der Waals surface area contributed by atoms with Crippen LogP contribution in [0.2, 0.25) is 0 Å². The summed E-state index contributed by atoms with van der Waals surface area (Å²) < 4.78 is 11.0. The second kappa shape index (κ2) is 23.9. The highest BCUT2D eigenvalue weighted by Crippen LogP contribution is 2.13. The van der Waals surface area contributed by atoms with Crippen LogP contribution in [0.3, 0.4) is 0 Å². The van der Waals surface area contributed by atoms with Crippen molar-refractivity contribution in [3.05, 3.63) is 0 Å². The zero-order valence-electron chi connectivity index (χ0n) is 21.5. The summed E-state index contributed by atoms with van der Waals surface area (Å²) in [6, 6.07) is 0. The van der Waals surface area contributed by atoms with Crippen LogP contribution in [0.4, 0.5) is 0 Å². The van der Waals surface area contributed by atoms with E-state index in [2.05, 4.69) is 17.1 Å². The average molecular weight is 457 g/mol. The van der Waals surface area contributed by atoms with Gasteiger partial charge in [-0.3, -0.25) is 4.90 Å². The Balaban J connectivity index is 1.70. The van der Waals surface area contributed by atoms with Gasteiger partial charge in [0.1, 0.15) is 0 Å². The smallest absolute Gasteiger partial charge is 0.0897 e. The number of rotatable bonds is 24. The van der Waals surface area contributed by atoms with Crippen molar-refractivity contribution in [2.24, 2.45) is 0 Å². The molecule has 32 heavy (non-hydrogen) atoms. The Morgan fingerprint density at radius 1 is 0.781 bits per heavy atom. The summed E-state index contributed by atoms with van der Waals surface area (Å²) in [5.41, 5.74) is 0. The molecule has 5 heteroatoms. The molecule has 0 radical (unpaired) electrons. The Hall–Kier alpha value is -0.200. The number of nitrogens with zero attached hydrogens (tertiary/aromatic N) is 1. The second-order valence-corrected chi connectivity index (χ2v) is 9.69. The molecule has 0 amide bonds. The van der Waals surface area contributed by atoms with Crippen molar-refractivity contribution in [1.29, 1.82) is 0 Å². The van der Waals surface area contributed by atoms with E-state index >= 15 is 0 Å². The highest BCUT2D eigenvalue weighted by Gasteiger charge is 2.09. The van der Waals surface area contributed by atoms with Crippen LogP contribution in [0.1, 0.15) is 110 Å². The molecule has 1 heterocycles. The molecule has 1 atom stereocenters. The minimum Gasteiger partial charge on any atom is -0.389 e. The van der Waals surface area contributed by atoms with Gasteiger partial charge in [-0.05, 0) is 32.4 Å². The maximum absolute atomic E-state index is 10.0. The number of unbranched alkanes of at least 4 members (excludes halogenated alkanes) is 14. The number of ether oxygens (including phenoxy) is 2. The first-order valence-corrected chi connectivity index (χ1v) is 14.1. The molecule has 1 fully saturated rings. The van der Waals surface area contributed by atoms with Crippen molar-refractivity contribution in [3.8, 4) is 0 Å². The lowest BCUT2D eigenvalue weighted by Crippen LogP contribution is -2.37. The molecular formula is C27H56N2O3. The monoisotopic (exact) mass is 456 g/mol. The van der Waals surface area contributed by atoms with Crippen molar-refractivity contribution in [1.82, 2.24) is 10.2 Å². The van der Waals surface area contributed by atoms with Crippen molar-refractivity contribution in [2.75, 3.05) is 59.2 Å². The summed E-state index contributed by atoms with van der Waals surface area (Å²) >= 11 is 0. The van der Waals surface area contributed by atoms with E-state index in [1.165, 1.54) is 89.9 Å². The van der Waals surface area contributed by atoms with E-state index < -0.39 is 0 Å². The molecule has 0 saturated carbocycles. The summed E-state index contributed by atoms with van der Waals surface area (Å²) in [6.45, 7) is 10.2. The van der Waals surface area contributed by atoms with Gasteiger partial charge in [0.15, 0.2) is 0 Å². The van der Waals surface area contributed by atoms with E-state index in [-0.39, 0.29) is 6.10 Å². The van der Waals surface area contributed by atoms with Gasteiger partial charge in [-0.1, -0.05) is 90.4 Å². The topological polar surface area (TPSA) is 54.0 Å². The molecule has 0 aromatic rings. The third kappa shape index (κ3) is 20.4. The number of hydrogen-bond acceptors (Lipinski definition) is 5. The van der Waals surface area contributed by atoms with Crippen molar-refractivity contribution >= 4 is 0 Å². The van der Waals surface area contributed by atoms with Crippen LogP contribution in [0, 0.1) is 0 Å². The Labute approximate surface area is 200 Å². The lowest BCUT2D eigenvalue weighted by molar-refractivity contribution is 0.0344. The van der Waals surface area contributed by atoms with Crippen LogP contribution < -0.4 is 5.32 Å². The van der Waals surface area contributed by atoms with Crippen molar-refractivity contribution in [2.45, 2.75) is 116 Å². The molecule has 1 rings (SSSR count). The fraction of sp³-hybridized carbons (Fsp3) is 1.00. The standard InChI is InChI=1S/C27H56N2O3/c1-2-3-4-5-6-7-8-9-10-11-12-13-14-17-22-32-26-27(30)25-28-18-15-16-19-29-20-23-31-24-21-29/h27-28,30H,2-26H2,1H3. The van der Waals surface area contributed by atoms with Gasteiger partial charge in [0.2, 0.25) is 0 Å². The highest BCUT2D eigenvalue weighted by atomic mass is 16.5. The first-order chi connectivity index (χ1) is 15.8. The van der Waals surface area contributed by atoms with E-state index in [1.54, 1.807) is 0 Å². The maximum Gasteiger partial charge on any atom is 0.0897 e. The number of nitrogens with one attached hydrogen (secondary N) is 1. The molecule has 0 spiro atoms. The lowest BCUT2D eigenvalue weighted by Gasteiger charge is -2.26. The molecule has 1 unspecified atom stereocenters. The number of aliphatic hydroxyl groups excluding tert-OH is 1. The van der Waals surface area contributed by atoms with Gasteiger partial charge in [-0.25, -0.2) is 0 Å². The Morgan fingerprint density at radius 3 is 1.94 bits per heavy atom. The summed E-state index contributed by atoms with van der Waals surface area (Å²) in [5, 5.41) is 13.4. The third-order valence-electron chi connectivity index (χ3n) is 6.51. The van der Waals surface area contributed by atoms with E-state index in [0.29, 0.717) is 13.2 Å². The zero-order valence-corrected chi connectivity index (χ0v) is 21.5. The number of hydrogen-bond donors (Lipinski definition) is 2. The van der Waals surface area contributed by atoms with Gasteiger partial charge >= 0.3 is 0 Å².